The number of halogens is 9. The Balaban J connectivity index is 5.39. The predicted octanol–water partition coefficient (Wildman–Crippen LogP) is 4.38. The van der Waals surface area contributed by atoms with Gasteiger partial charge in [0.05, 0.1) is 0 Å². The molecule has 0 saturated carbocycles. The lowest BCUT2D eigenvalue weighted by atomic mass is 10.2. The van der Waals surface area contributed by atoms with Crippen LogP contribution in [-0.2, 0) is 0 Å². The molecule has 0 aliphatic rings. The lowest BCUT2D eigenvalue weighted by molar-refractivity contribution is -0.114. The SMILES string of the molecule is F/C(Cl)=C(F)\C(F)=C(/F)C(F)(F)C(F)F. The molecule has 0 spiro atoms. The number of alkyl halides is 4. The van der Waals surface area contributed by atoms with Crippen molar-refractivity contribution in [2.24, 2.45) is 0 Å². The van der Waals surface area contributed by atoms with Gasteiger partial charge in [0.1, 0.15) is 0 Å². The molecule has 0 radical (unpaired) electrons. The van der Waals surface area contributed by atoms with Crippen LogP contribution in [0.5, 0.6) is 0 Å². The molecular formula is C6HClF8. The average Bonchev–Trinajstić information content (AvgIpc) is 2.13. The van der Waals surface area contributed by atoms with E-state index in [2.05, 4.69) is 11.6 Å². The minimum Gasteiger partial charge on any atom is -0.203 e. The van der Waals surface area contributed by atoms with Gasteiger partial charge in [-0.1, -0.05) is 0 Å². The Morgan fingerprint density at radius 3 is 1.60 bits per heavy atom. The first-order valence-electron chi connectivity index (χ1n) is 3.05. The first-order valence-corrected chi connectivity index (χ1v) is 3.43. The van der Waals surface area contributed by atoms with E-state index < -0.39 is 35.1 Å². The number of hydrogen-bond donors (Lipinski definition) is 0. The summed E-state index contributed by atoms with van der Waals surface area (Å²) in [6.45, 7) is 0. The fraction of sp³-hybridized carbons (Fsp3) is 0.333. The maximum Gasteiger partial charge on any atom is 0.361 e. The molecule has 0 nitrogen and oxygen atoms in total. The predicted molar refractivity (Wildman–Crippen MR) is 35.3 cm³/mol. The maximum absolute atomic E-state index is 12.2. The van der Waals surface area contributed by atoms with E-state index in [1.807, 2.05) is 0 Å². The van der Waals surface area contributed by atoms with E-state index in [-0.39, 0.29) is 0 Å². The standard InChI is InChI=1S/C6HClF8/c7-4(11)2(9)1(8)3(10)6(14,15)5(12)13/h5H/b3-1+,4-2+. The third kappa shape index (κ3) is 3.08. The maximum atomic E-state index is 12.2. The second kappa shape index (κ2) is 4.82. The van der Waals surface area contributed by atoms with Gasteiger partial charge in [0, 0.05) is 0 Å². The van der Waals surface area contributed by atoms with Crippen molar-refractivity contribution in [3.05, 3.63) is 22.8 Å². The Bertz CT molecular complexity index is 300. The Morgan fingerprint density at radius 1 is 0.933 bits per heavy atom. The quantitative estimate of drug-likeness (QED) is 0.522. The van der Waals surface area contributed by atoms with Crippen LogP contribution in [0.2, 0.25) is 0 Å². The summed E-state index contributed by atoms with van der Waals surface area (Å²) in [5, 5.41) is -2.47. The summed E-state index contributed by atoms with van der Waals surface area (Å²) in [4.78, 5) is 0. The van der Waals surface area contributed by atoms with Crippen molar-refractivity contribution in [2.45, 2.75) is 12.3 Å². The fourth-order valence-electron chi connectivity index (χ4n) is 0.421. The van der Waals surface area contributed by atoms with Gasteiger partial charge < -0.3 is 0 Å². The van der Waals surface area contributed by atoms with Gasteiger partial charge in [-0.3, -0.25) is 0 Å². The zero-order valence-electron chi connectivity index (χ0n) is 6.48. The highest BCUT2D eigenvalue weighted by Gasteiger charge is 2.48. The van der Waals surface area contributed by atoms with Crippen LogP contribution in [0.15, 0.2) is 22.8 Å². The van der Waals surface area contributed by atoms with Crippen molar-refractivity contribution in [3.8, 4) is 0 Å². The van der Waals surface area contributed by atoms with Crippen LogP contribution in [0.25, 0.3) is 0 Å². The molecule has 0 bridgehead atoms. The largest absolute Gasteiger partial charge is 0.361 e. The van der Waals surface area contributed by atoms with Crippen molar-refractivity contribution in [1.82, 2.24) is 0 Å². The number of hydrogen-bond acceptors (Lipinski definition) is 0. The van der Waals surface area contributed by atoms with E-state index >= 15 is 0 Å². The highest BCUT2D eigenvalue weighted by atomic mass is 35.5. The van der Waals surface area contributed by atoms with Crippen LogP contribution in [0, 0.1) is 0 Å². The highest BCUT2D eigenvalue weighted by Crippen LogP contribution is 2.37. The van der Waals surface area contributed by atoms with Gasteiger partial charge in [-0.2, -0.15) is 17.6 Å². The third-order valence-electron chi connectivity index (χ3n) is 1.12. The minimum atomic E-state index is -5.55. The summed E-state index contributed by atoms with van der Waals surface area (Å²) in [5.41, 5.74) is 0. The molecule has 0 N–H and O–H groups in total. The van der Waals surface area contributed by atoms with E-state index in [9.17, 15) is 35.1 Å². The summed E-state index contributed by atoms with van der Waals surface area (Å²) in [6.07, 6.45) is -4.60. The van der Waals surface area contributed by atoms with E-state index in [0.29, 0.717) is 0 Å². The van der Waals surface area contributed by atoms with Crippen LogP contribution in [0.3, 0.4) is 0 Å². The third-order valence-corrected chi connectivity index (χ3v) is 1.28. The molecule has 0 aromatic carbocycles. The van der Waals surface area contributed by atoms with Gasteiger partial charge in [0.2, 0.25) is 22.8 Å². The lowest BCUT2D eigenvalue weighted by Gasteiger charge is -2.12. The van der Waals surface area contributed by atoms with Crippen LogP contribution in [0.4, 0.5) is 35.1 Å². The summed E-state index contributed by atoms with van der Waals surface area (Å²) in [6, 6.07) is 0. The second-order valence-corrected chi connectivity index (χ2v) is 2.46. The van der Waals surface area contributed by atoms with Crippen LogP contribution < -0.4 is 0 Å². The molecule has 0 atom stereocenters. The molecule has 15 heavy (non-hydrogen) atoms. The van der Waals surface area contributed by atoms with Crippen molar-refractivity contribution in [2.75, 3.05) is 0 Å². The van der Waals surface area contributed by atoms with E-state index in [1.54, 1.807) is 0 Å². The Morgan fingerprint density at radius 2 is 1.33 bits per heavy atom. The van der Waals surface area contributed by atoms with Crippen molar-refractivity contribution < 1.29 is 35.1 Å². The first-order chi connectivity index (χ1) is 6.62. The lowest BCUT2D eigenvalue weighted by Crippen LogP contribution is -2.28. The fourth-order valence-corrected chi connectivity index (χ4v) is 0.504. The van der Waals surface area contributed by atoms with Crippen LogP contribution >= 0.6 is 11.6 Å². The van der Waals surface area contributed by atoms with Gasteiger partial charge in [-0.15, -0.1) is 0 Å². The zero-order valence-corrected chi connectivity index (χ0v) is 7.23. The van der Waals surface area contributed by atoms with Gasteiger partial charge in [0.15, 0.2) is 0 Å². The highest BCUT2D eigenvalue weighted by molar-refractivity contribution is 6.28. The monoisotopic (exact) mass is 260 g/mol. The first kappa shape index (κ1) is 14.2. The molecule has 0 fully saturated rings. The van der Waals surface area contributed by atoms with Crippen molar-refractivity contribution in [1.29, 1.82) is 0 Å². The van der Waals surface area contributed by atoms with Crippen LogP contribution in [0.1, 0.15) is 0 Å². The molecule has 88 valence electrons. The second-order valence-electron chi connectivity index (χ2n) is 2.13. The molecule has 0 rings (SSSR count). The van der Waals surface area contributed by atoms with Crippen LogP contribution in [-0.4, -0.2) is 12.3 Å². The number of allylic oxidation sites excluding steroid dienone is 3. The Kier molecular flexibility index (Phi) is 4.57. The Labute approximate surface area is 82.8 Å². The molecule has 9 heteroatoms. The van der Waals surface area contributed by atoms with Gasteiger partial charge in [-0.25, -0.2) is 17.6 Å². The molecule has 0 aliphatic heterocycles. The smallest absolute Gasteiger partial charge is 0.203 e. The molecule has 0 saturated heterocycles. The number of rotatable bonds is 3. The molecule has 0 aromatic heterocycles. The topological polar surface area (TPSA) is 0 Å². The molecule has 0 amide bonds. The average molecular weight is 261 g/mol. The van der Waals surface area contributed by atoms with E-state index in [4.69, 9.17) is 0 Å². The minimum absolute atomic E-state index is 2.47. The van der Waals surface area contributed by atoms with Gasteiger partial charge in [0.25, 0.3) is 0 Å². The van der Waals surface area contributed by atoms with E-state index in [0.717, 1.165) is 0 Å². The zero-order chi connectivity index (χ0) is 12.4. The Hall–Kier alpha value is -0.790. The van der Waals surface area contributed by atoms with E-state index in [1.165, 1.54) is 0 Å². The van der Waals surface area contributed by atoms with Gasteiger partial charge in [-0.05, 0) is 11.6 Å². The molecule has 0 heterocycles. The molecule has 0 aliphatic carbocycles. The molecular weight excluding hydrogens is 260 g/mol. The summed E-state index contributed by atoms with van der Waals surface area (Å²) in [7, 11) is 0. The summed E-state index contributed by atoms with van der Waals surface area (Å²) >= 11 is 4.16. The normalized spacial score (nSPS) is 16.4. The summed E-state index contributed by atoms with van der Waals surface area (Å²) in [5.74, 6) is -14.9. The van der Waals surface area contributed by atoms with Crippen molar-refractivity contribution in [3.63, 3.8) is 0 Å². The van der Waals surface area contributed by atoms with Crippen molar-refractivity contribution >= 4 is 11.6 Å². The summed E-state index contributed by atoms with van der Waals surface area (Å²) < 4.78 is 95.2. The molecule has 0 aromatic rings. The molecule has 0 unspecified atom stereocenters. The van der Waals surface area contributed by atoms with Gasteiger partial charge >= 0.3 is 12.3 Å².